The van der Waals surface area contributed by atoms with Crippen LogP contribution in [0.1, 0.15) is 23.0 Å². The summed E-state index contributed by atoms with van der Waals surface area (Å²) in [5.74, 6) is 0.0919. The van der Waals surface area contributed by atoms with Gasteiger partial charge in [0.2, 0.25) is 0 Å². The molecule has 0 unspecified atom stereocenters. The number of anilines is 1. The third-order valence-corrected chi connectivity index (χ3v) is 5.75. The first-order valence-corrected chi connectivity index (χ1v) is 10.7. The smallest absolute Gasteiger partial charge is 0.294 e. The molecular weight excluding hydrogens is 455 g/mol. The molecule has 0 bridgehead atoms. The molecular formula is C22H22Cl2N4O4. The Morgan fingerprint density at radius 2 is 1.81 bits per heavy atom. The minimum Gasteiger partial charge on any atom is -0.363 e. The van der Waals surface area contributed by atoms with Crippen LogP contribution in [0, 0.1) is 17.0 Å². The van der Waals surface area contributed by atoms with Gasteiger partial charge in [0.15, 0.2) is 0 Å². The van der Waals surface area contributed by atoms with Crippen LogP contribution in [0.2, 0.25) is 10.0 Å². The lowest BCUT2D eigenvalue weighted by atomic mass is 10.1. The van der Waals surface area contributed by atoms with Crippen molar-refractivity contribution in [3.63, 3.8) is 0 Å². The van der Waals surface area contributed by atoms with Gasteiger partial charge >= 0.3 is 0 Å². The summed E-state index contributed by atoms with van der Waals surface area (Å²) in [5.41, 5.74) is 1.56. The summed E-state index contributed by atoms with van der Waals surface area (Å²) < 4.78 is 5.29. The zero-order chi connectivity index (χ0) is 23.4. The number of amides is 1. The van der Waals surface area contributed by atoms with Gasteiger partial charge in [-0.25, -0.2) is 0 Å². The second kappa shape index (κ2) is 10.0. The van der Waals surface area contributed by atoms with E-state index in [2.05, 4.69) is 5.16 Å². The normalized spacial score (nSPS) is 10.8. The molecule has 1 heterocycles. The van der Waals surface area contributed by atoms with Crippen molar-refractivity contribution in [3.8, 4) is 11.3 Å². The van der Waals surface area contributed by atoms with Gasteiger partial charge in [-0.1, -0.05) is 52.6 Å². The predicted molar refractivity (Wildman–Crippen MR) is 125 cm³/mol. The molecule has 0 atom stereocenters. The highest BCUT2D eigenvalue weighted by molar-refractivity contribution is 6.34. The molecule has 0 spiro atoms. The number of nitro benzene ring substituents is 1. The number of likely N-dealkylation sites (N-methyl/N-ethyl adjacent to an activating group) is 2. The summed E-state index contributed by atoms with van der Waals surface area (Å²) in [6.45, 7) is 4.65. The highest BCUT2D eigenvalue weighted by Gasteiger charge is 2.27. The van der Waals surface area contributed by atoms with E-state index >= 15 is 0 Å². The first kappa shape index (κ1) is 23.6. The van der Waals surface area contributed by atoms with Crippen molar-refractivity contribution in [1.82, 2.24) is 10.1 Å². The Labute approximate surface area is 195 Å². The third-order valence-electron chi connectivity index (χ3n) is 5.12. The van der Waals surface area contributed by atoms with Gasteiger partial charge in [-0.15, -0.1) is 0 Å². The van der Waals surface area contributed by atoms with Crippen molar-refractivity contribution in [2.75, 3.05) is 31.6 Å². The molecule has 0 saturated carbocycles. The van der Waals surface area contributed by atoms with Crippen molar-refractivity contribution in [3.05, 3.63) is 73.9 Å². The highest BCUT2D eigenvalue weighted by atomic mass is 35.5. The number of aromatic nitrogens is 1. The number of carbonyl (C=O) groups is 1. The van der Waals surface area contributed by atoms with Crippen LogP contribution in [0.3, 0.4) is 0 Å². The number of hydrogen-bond acceptors (Lipinski definition) is 6. The fraction of sp³-hybridized carbons (Fsp3) is 0.273. The average molecular weight is 477 g/mol. The maximum atomic E-state index is 13.2. The number of para-hydroxylation sites is 1. The van der Waals surface area contributed by atoms with Gasteiger partial charge < -0.3 is 14.3 Å². The molecule has 1 aromatic heterocycles. The summed E-state index contributed by atoms with van der Waals surface area (Å²) in [7, 11) is 1.65. The summed E-state index contributed by atoms with van der Waals surface area (Å²) in [6.07, 6.45) is 0. The maximum absolute atomic E-state index is 13.2. The van der Waals surface area contributed by atoms with Crippen LogP contribution in [0.25, 0.3) is 11.3 Å². The Hall–Kier alpha value is -3.10. The largest absolute Gasteiger partial charge is 0.363 e. The number of aryl methyl sites for hydroxylation is 1. The first-order valence-electron chi connectivity index (χ1n) is 9.90. The monoisotopic (exact) mass is 476 g/mol. The van der Waals surface area contributed by atoms with Gasteiger partial charge in [-0.2, -0.15) is 0 Å². The van der Waals surface area contributed by atoms with E-state index in [0.29, 0.717) is 52.9 Å². The molecule has 0 N–H and O–H groups in total. The SMILES string of the molecule is CCN(CCN(C)C(=O)c1c(-c2ccccc2Cl)noc1C)c1c(Cl)cccc1[N+](=O)[O-]. The maximum Gasteiger partial charge on any atom is 0.294 e. The Morgan fingerprint density at radius 1 is 1.12 bits per heavy atom. The summed E-state index contributed by atoms with van der Waals surface area (Å²) in [4.78, 5) is 27.5. The van der Waals surface area contributed by atoms with Crippen molar-refractivity contribution in [1.29, 1.82) is 0 Å². The summed E-state index contributed by atoms with van der Waals surface area (Å²) in [5, 5.41) is 16.2. The lowest BCUT2D eigenvalue weighted by molar-refractivity contribution is -0.384. The van der Waals surface area contributed by atoms with Crippen molar-refractivity contribution < 1.29 is 14.2 Å². The van der Waals surface area contributed by atoms with Gasteiger partial charge in [-0.05, 0) is 26.0 Å². The van der Waals surface area contributed by atoms with E-state index in [0.717, 1.165) is 0 Å². The van der Waals surface area contributed by atoms with Crippen LogP contribution in [0.5, 0.6) is 0 Å². The highest BCUT2D eigenvalue weighted by Crippen LogP contribution is 2.35. The van der Waals surface area contributed by atoms with E-state index in [9.17, 15) is 14.9 Å². The number of halogens is 2. The van der Waals surface area contributed by atoms with Crippen molar-refractivity contribution in [2.24, 2.45) is 0 Å². The van der Waals surface area contributed by atoms with E-state index in [1.54, 1.807) is 55.3 Å². The van der Waals surface area contributed by atoms with Crippen LogP contribution in [0.4, 0.5) is 11.4 Å². The lowest BCUT2D eigenvalue weighted by Crippen LogP contribution is -2.37. The van der Waals surface area contributed by atoms with E-state index < -0.39 is 4.92 Å². The van der Waals surface area contributed by atoms with Crippen LogP contribution < -0.4 is 4.90 Å². The molecule has 0 radical (unpaired) electrons. The standard InChI is InChI=1S/C22H22Cl2N4O4/c1-4-27(21-17(24)10-7-11-18(21)28(30)31)13-12-26(3)22(29)19-14(2)32-25-20(19)15-8-5-6-9-16(15)23/h5-11H,4,12-13H2,1-3H3. The topological polar surface area (TPSA) is 92.7 Å². The molecule has 0 aliphatic carbocycles. The quantitative estimate of drug-likeness (QED) is 0.316. The second-order valence-electron chi connectivity index (χ2n) is 7.11. The Kier molecular flexibility index (Phi) is 7.37. The van der Waals surface area contributed by atoms with Crippen LogP contribution in [0.15, 0.2) is 47.0 Å². The van der Waals surface area contributed by atoms with Gasteiger partial charge in [0.05, 0.1) is 15.0 Å². The molecule has 1 amide bonds. The lowest BCUT2D eigenvalue weighted by Gasteiger charge is -2.26. The van der Waals surface area contributed by atoms with Crippen LogP contribution in [-0.2, 0) is 0 Å². The molecule has 0 aliphatic heterocycles. The Balaban J connectivity index is 1.83. The van der Waals surface area contributed by atoms with Crippen LogP contribution >= 0.6 is 23.2 Å². The fourth-order valence-electron chi connectivity index (χ4n) is 3.42. The predicted octanol–water partition coefficient (Wildman–Crippen LogP) is 5.46. The van der Waals surface area contributed by atoms with Crippen LogP contribution in [-0.4, -0.2) is 47.6 Å². The molecule has 32 heavy (non-hydrogen) atoms. The third kappa shape index (κ3) is 4.71. The Bertz CT molecular complexity index is 1150. The second-order valence-corrected chi connectivity index (χ2v) is 7.93. The van der Waals surface area contributed by atoms with E-state index in [1.165, 1.54) is 11.0 Å². The van der Waals surface area contributed by atoms with Crippen molar-refractivity contribution >= 4 is 40.5 Å². The van der Waals surface area contributed by atoms with Gasteiger partial charge in [0, 0.05) is 38.3 Å². The number of carbonyl (C=O) groups excluding carboxylic acids is 1. The van der Waals surface area contributed by atoms with Gasteiger partial charge in [0.1, 0.15) is 22.7 Å². The molecule has 10 heteroatoms. The number of benzene rings is 2. The Morgan fingerprint density at radius 3 is 2.47 bits per heavy atom. The van der Waals surface area contributed by atoms with E-state index in [4.69, 9.17) is 27.7 Å². The molecule has 3 aromatic rings. The molecule has 2 aromatic carbocycles. The number of hydrogen-bond donors (Lipinski definition) is 0. The minimum atomic E-state index is -0.463. The molecule has 8 nitrogen and oxygen atoms in total. The van der Waals surface area contributed by atoms with E-state index in [1.807, 2.05) is 6.92 Å². The molecule has 0 fully saturated rings. The molecule has 0 saturated heterocycles. The summed E-state index contributed by atoms with van der Waals surface area (Å²) >= 11 is 12.6. The zero-order valence-corrected chi connectivity index (χ0v) is 19.4. The van der Waals surface area contributed by atoms with Crippen molar-refractivity contribution in [2.45, 2.75) is 13.8 Å². The molecule has 3 rings (SSSR count). The van der Waals surface area contributed by atoms with Gasteiger partial charge in [-0.3, -0.25) is 14.9 Å². The first-order chi connectivity index (χ1) is 15.3. The molecule has 168 valence electrons. The molecule has 0 aliphatic rings. The number of rotatable bonds is 8. The number of nitrogens with zero attached hydrogens (tertiary/aromatic N) is 4. The average Bonchev–Trinajstić information content (AvgIpc) is 3.15. The fourth-order valence-corrected chi connectivity index (χ4v) is 3.93. The van der Waals surface area contributed by atoms with Gasteiger partial charge in [0.25, 0.3) is 11.6 Å². The minimum absolute atomic E-state index is 0.0794. The summed E-state index contributed by atoms with van der Waals surface area (Å²) in [6, 6.07) is 11.6. The zero-order valence-electron chi connectivity index (χ0n) is 17.8. The van der Waals surface area contributed by atoms with E-state index in [-0.39, 0.29) is 16.6 Å². The number of nitro groups is 1.